The predicted molar refractivity (Wildman–Crippen MR) is 115 cm³/mol. The van der Waals surface area contributed by atoms with Gasteiger partial charge in [0.05, 0.1) is 6.10 Å². The number of hydrogen-bond acceptors (Lipinski definition) is 1. The van der Waals surface area contributed by atoms with E-state index in [-0.39, 0.29) is 0 Å². The van der Waals surface area contributed by atoms with E-state index in [9.17, 15) is 0 Å². The van der Waals surface area contributed by atoms with Crippen molar-refractivity contribution in [3.05, 3.63) is 0 Å². The van der Waals surface area contributed by atoms with Gasteiger partial charge in [0.2, 0.25) is 0 Å². The van der Waals surface area contributed by atoms with Gasteiger partial charge in [-0.05, 0) is 62.7 Å². The van der Waals surface area contributed by atoms with Crippen LogP contribution in [0.1, 0.15) is 129 Å². The summed E-state index contributed by atoms with van der Waals surface area (Å²) < 4.78 is 6.18. The van der Waals surface area contributed by atoms with Gasteiger partial charge in [0.15, 0.2) is 0 Å². The van der Waals surface area contributed by atoms with E-state index in [1.54, 1.807) is 0 Å². The Hall–Kier alpha value is -0.0400. The molecule has 0 spiro atoms. The molecule has 2 aliphatic rings. The lowest BCUT2D eigenvalue weighted by Crippen LogP contribution is -2.28. The van der Waals surface area contributed by atoms with E-state index in [1.807, 2.05) is 0 Å². The summed E-state index contributed by atoms with van der Waals surface area (Å²) in [5, 5.41) is 0. The highest BCUT2D eigenvalue weighted by atomic mass is 16.5. The van der Waals surface area contributed by atoms with E-state index >= 15 is 0 Å². The van der Waals surface area contributed by atoms with Gasteiger partial charge in [0, 0.05) is 6.61 Å². The SMILES string of the molecule is CCCCCCCOC1CCC(C2CCC(CCCCCC)CC2)CC1. The Bertz CT molecular complexity index is 310. The minimum Gasteiger partial charge on any atom is -0.378 e. The molecule has 0 unspecified atom stereocenters. The molecule has 154 valence electrons. The van der Waals surface area contributed by atoms with Crippen molar-refractivity contribution in [3.63, 3.8) is 0 Å². The first-order valence-electron chi connectivity index (χ1n) is 12.4. The average molecular weight is 365 g/mol. The van der Waals surface area contributed by atoms with Crippen molar-refractivity contribution in [2.75, 3.05) is 6.61 Å². The highest BCUT2D eigenvalue weighted by Gasteiger charge is 2.30. The first-order chi connectivity index (χ1) is 12.8. The Balaban J connectivity index is 1.49. The van der Waals surface area contributed by atoms with E-state index in [1.165, 1.54) is 116 Å². The molecule has 1 nitrogen and oxygen atoms in total. The van der Waals surface area contributed by atoms with Gasteiger partial charge in [-0.25, -0.2) is 0 Å². The smallest absolute Gasteiger partial charge is 0.0575 e. The lowest BCUT2D eigenvalue weighted by molar-refractivity contribution is 0.00527. The van der Waals surface area contributed by atoms with E-state index < -0.39 is 0 Å². The first kappa shape index (κ1) is 22.3. The maximum atomic E-state index is 6.18. The van der Waals surface area contributed by atoms with Crippen LogP contribution in [-0.2, 0) is 4.74 Å². The summed E-state index contributed by atoms with van der Waals surface area (Å²) >= 11 is 0. The van der Waals surface area contributed by atoms with E-state index in [2.05, 4.69) is 13.8 Å². The van der Waals surface area contributed by atoms with Gasteiger partial charge in [-0.2, -0.15) is 0 Å². The Morgan fingerprint density at radius 3 is 1.73 bits per heavy atom. The Kier molecular flexibility index (Phi) is 12.0. The van der Waals surface area contributed by atoms with Crippen LogP contribution in [0.5, 0.6) is 0 Å². The molecule has 0 saturated heterocycles. The van der Waals surface area contributed by atoms with Crippen molar-refractivity contribution < 1.29 is 4.74 Å². The van der Waals surface area contributed by atoms with Crippen LogP contribution in [0.25, 0.3) is 0 Å². The molecule has 2 fully saturated rings. The van der Waals surface area contributed by atoms with Crippen LogP contribution in [0.15, 0.2) is 0 Å². The van der Waals surface area contributed by atoms with Crippen molar-refractivity contribution in [2.24, 2.45) is 17.8 Å². The molecule has 2 aliphatic carbocycles. The van der Waals surface area contributed by atoms with Gasteiger partial charge in [-0.3, -0.25) is 0 Å². The van der Waals surface area contributed by atoms with Crippen LogP contribution in [-0.4, -0.2) is 12.7 Å². The zero-order valence-electron chi connectivity index (χ0n) is 18.2. The van der Waals surface area contributed by atoms with Crippen LogP contribution in [0.2, 0.25) is 0 Å². The number of hydrogen-bond donors (Lipinski definition) is 0. The third-order valence-corrected chi connectivity index (χ3v) is 7.34. The van der Waals surface area contributed by atoms with E-state index in [4.69, 9.17) is 4.74 Å². The normalized spacial score (nSPS) is 29.8. The van der Waals surface area contributed by atoms with Crippen molar-refractivity contribution in [3.8, 4) is 0 Å². The molecule has 0 heterocycles. The van der Waals surface area contributed by atoms with Crippen molar-refractivity contribution in [2.45, 2.75) is 136 Å². The second-order valence-corrected chi connectivity index (χ2v) is 9.45. The molecule has 2 saturated carbocycles. The summed E-state index contributed by atoms with van der Waals surface area (Å²) in [6.45, 7) is 5.62. The summed E-state index contributed by atoms with van der Waals surface area (Å²) in [6.07, 6.45) is 26.4. The third-order valence-electron chi connectivity index (χ3n) is 7.34. The monoisotopic (exact) mass is 364 g/mol. The van der Waals surface area contributed by atoms with Gasteiger partial charge in [0.1, 0.15) is 0 Å². The van der Waals surface area contributed by atoms with Gasteiger partial charge >= 0.3 is 0 Å². The fourth-order valence-electron chi connectivity index (χ4n) is 5.49. The third kappa shape index (κ3) is 8.77. The lowest BCUT2D eigenvalue weighted by Gasteiger charge is -2.38. The molecule has 26 heavy (non-hydrogen) atoms. The average Bonchev–Trinajstić information content (AvgIpc) is 2.69. The molecule has 2 rings (SSSR count). The minimum absolute atomic E-state index is 0.590. The molecule has 0 atom stereocenters. The quantitative estimate of drug-likeness (QED) is 0.298. The molecule has 0 aromatic carbocycles. The largest absolute Gasteiger partial charge is 0.378 e. The molecular formula is C25H48O. The van der Waals surface area contributed by atoms with Crippen LogP contribution in [0.3, 0.4) is 0 Å². The number of unbranched alkanes of at least 4 members (excludes halogenated alkanes) is 7. The molecule has 0 aromatic rings. The van der Waals surface area contributed by atoms with Crippen LogP contribution in [0.4, 0.5) is 0 Å². The van der Waals surface area contributed by atoms with E-state index in [0.717, 1.165) is 24.4 Å². The van der Waals surface area contributed by atoms with Crippen molar-refractivity contribution >= 4 is 0 Å². The maximum absolute atomic E-state index is 6.18. The summed E-state index contributed by atoms with van der Waals surface area (Å²) in [5.41, 5.74) is 0. The maximum Gasteiger partial charge on any atom is 0.0575 e. The summed E-state index contributed by atoms with van der Waals surface area (Å²) in [5.74, 6) is 3.15. The van der Waals surface area contributed by atoms with Crippen LogP contribution < -0.4 is 0 Å². The number of ether oxygens (including phenoxy) is 1. The van der Waals surface area contributed by atoms with Crippen LogP contribution in [0, 0.1) is 17.8 Å². The molecule has 0 aliphatic heterocycles. The zero-order valence-corrected chi connectivity index (χ0v) is 18.2. The molecule has 0 amide bonds. The molecule has 0 aromatic heterocycles. The van der Waals surface area contributed by atoms with Gasteiger partial charge < -0.3 is 4.74 Å². The predicted octanol–water partition coefficient (Wildman–Crippen LogP) is 8.31. The lowest BCUT2D eigenvalue weighted by atomic mass is 9.70. The van der Waals surface area contributed by atoms with Crippen molar-refractivity contribution in [1.29, 1.82) is 0 Å². The summed E-state index contributed by atoms with van der Waals surface area (Å²) in [6, 6.07) is 0. The standard InChI is InChI=1S/C25H48O/c1-3-5-7-9-11-21-26-25-19-17-24(18-20-25)23-15-13-22(14-16-23)12-10-8-6-4-2/h22-25H,3-21H2,1-2H3. The van der Waals surface area contributed by atoms with Gasteiger partial charge in [-0.15, -0.1) is 0 Å². The fraction of sp³-hybridized carbons (Fsp3) is 1.00. The number of rotatable bonds is 13. The first-order valence-corrected chi connectivity index (χ1v) is 12.4. The van der Waals surface area contributed by atoms with Crippen molar-refractivity contribution in [1.82, 2.24) is 0 Å². The zero-order chi connectivity index (χ0) is 18.5. The molecule has 1 heteroatoms. The second kappa shape index (κ2) is 14.0. The molecule has 0 N–H and O–H groups in total. The summed E-state index contributed by atoms with van der Waals surface area (Å²) in [4.78, 5) is 0. The highest BCUT2D eigenvalue weighted by Crippen LogP contribution is 2.41. The Morgan fingerprint density at radius 1 is 0.577 bits per heavy atom. The summed E-state index contributed by atoms with van der Waals surface area (Å²) in [7, 11) is 0. The highest BCUT2D eigenvalue weighted by molar-refractivity contribution is 4.82. The van der Waals surface area contributed by atoms with Crippen LogP contribution >= 0.6 is 0 Å². The minimum atomic E-state index is 0.590. The Morgan fingerprint density at radius 2 is 1.12 bits per heavy atom. The molecule has 0 bridgehead atoms. The fourth-order valence-corrected chi connectivity index (χ4v) is 5.49. The van der Waals surface area contributed by atoms with E-state index in [0.29, 0.717) is 6.10 Å². The second-order valence-electron chi connectivity index (χ2n) is 9.45. The topological polar surface area (TPSA) is 9.23 Å². The molecular weight excluding hydrogens is 316 g/mol. The Labute approximate surface area is 165 Å². The molecule has 0 radical (unpaired) electrons. The van der Waals surface area contributed by atoms with Gasteiger partial charge in [0.25, 0.3) is 0 Å². The van der Waals surface area contributed by atoms with Gasteiger partial charge in [-0.1, -0.05) is 84.5 Å².